The predicted molar refractivity (Wildman–Crippen MR) is 97.5 cm³/mol. The molecule has 0 aliphatic rings. The Morgan fingerprint density at radius 3 is 2.48 bits per heavy atom. The Morgan fingerprint density at radius 1 is 1.16 bits per heavy atom. The van der Waals surface area contributed by atoms with Crippen molar-refractivity contribution in [3.63, 3.8) is 0 Å². The van der Waals surface area contributed by atoms with Gasteiger partial charge in [-0.15, -0.1) is 0 Å². The highest BCUT2D eigenvalue weighted by Gasteiger charge is 2.16. The average molecular weight is 358 g/mol. The van der Waals surface area contributed by atoms with Gasteiger partial charge in [0.2, 0.25) is 0 Å². The summed E-state index contributed by atoms with van der Waals surface area (Å²) >= 11 is 6.24. The van der Waals surface area contributed by atoms with Crippen LogP contribution >= 0.6 is 11.6 Å². The van der Waals surface area contributed by atoms with E-state index in [1.165, 1.54) is 12.1 Å². The third-order valence-corrected chi connectivity index (χ3v) is 4.22. The molecule has 4 nitrogen and oxygen atoms in total. The van der Waals surface area contributed by atoms with Gasteiger partial charge in [0, 0.05) is 7.05 Å². The van der Waals surface area contributed by atoms with Crippen molar-refractivity contribution in [2.24, 2.45) is 7.05 Å². The number of aromatic nitrogens is 2. The van der Waals surface area contributed by atoms with Gasteiger partial charge in [-0.05, 0) is 66.9 Å². The van der Waals surface area contributed by atoms with Gasteiger partial charge in [-0.3, -0.25) is 9.48 Å². The molecule has 1 aromatic heterocycles. The number of amides is 1. The van der Waals surface area contributed by atoms with E-state index in [2.05, 4.69) is 10.4 Å². The van der Waals surface area contributed by atoms with Gasteiger partial charge in [0.1, 0.15) is 5.82 Å². The molecule has 0 bridgehead atoms. The van der Waals surface area contributed by atoms with E-state index in [4.69, 9.17) is 11.6 Å². The first-order chi connectivity index (χ1) is 11.8. The van der Waals surface area contributed by atoms with Crippen molar-refractivity contribution < 1.29 is 9.18 Å². The molecule has 0 aliphatic heterocycles. The van der Waals surface area contributed by atoms with Crippen molar-refractivity contribution in [2.75, 3.05) is 5.32 Å². The molecule has 0 saturated carbocycles. The van der Waals surface area contributed by atoms with Crippen LogP contribution in [0, 0.1) is 19.7 Å². The van der Waals surface area contributed by atoms with E-state index in [1.54, 1.807) is 36.0 Å². The van der Waals surface area contributed by atoms with Crippen LogP contribution in [-0.4, -0.2) is 15.7 Å². The molecule has 0 aliphatic carbocycles. The van der Waals surface area contributed by atoms with Gasteiger partial charge < -0.3 is 5.32 Å². The molecule has 3 rings (SSSR count). The number of benzene rings is 2. The third kappa shape index (κ3) is 3.56. The summed E-state index contributed by atoms with van der Waals surface area (Å²) in [7, 11) is 1.74. The molecule has 1 heterocycles. The first-order valence-electron chi connectivity index (χ1n) is 7.73. The van der Waals surface area contributed by atoms with Crippen LogP contribution in [0.25, 0.3) is 11.3 Å². The number of anilines is 1. The summed E-state index contributed by atoms with van der Waals surface area (Å²) in [6.45, 7) is 3.83. The number of hydrogen-bond acceptors (Lipinski definition) is 2. The SMILES string of the molecule is Cc1cc(C)c(NC(=O)c2cc(-c3ccc(F)cc3)n(C)n2)c(Cl)c1. The molecular weight excluding hydrogens is 341 g/mol. The zero-order valence-corrected chi connectivity index (χ0v) is 14.9. The Labute approximate surface area is 150 Å². The van der Waals surface area contributed by atoms with Crippen LogP contribution in [0.5, 0.6) is 0 Å². The van der Waals surface area contributed by atoms with E-state index in [0.717, 1.165) is 22.4 Å². The van der Waals surface area contributed by atoms with Gasteiger partial charge in [0.05, 0.1) is 16.4 Å². The van der Waals surface area contributed by atoms with Crippen molar-refractivity contribution in [2.45, 2.75) is 13.8 Å². The van der Waals surface area contributed by atoms with Crippen LogP contribution < -0.4 is 5.32 Å². The second kappa shape index (κ2) is 6.69. The van der Waals surface area contributed by atoms with E-state index in [1.807, 2.05) is 19.9 Å². The molecule has 0 radical (unpaired) electrons. The van der Waals surface area contributed by atoms with Crippen LogP contribution in [-0.2, 0) is 7.05 Å². The fourth-order valence-electron chi connectivity index (χ4n) is 2.72. The average Bonchev–Trinajstić information content (AvgIpc) is 2.93. The van der Waals surface area contributed by atoms with Crippen molar-refractivity contribution in [3.05, 3.63) is 70.1 Å². The Kier molecular flexibility index (Phi) is 4.59. The Balaban J connectivity index is 1.89. The van der Waals surface area contributed by atoms with Crippen LogP contribution in [0.2, 0.25) is 5.02 Å². The number of carbonyl (C=O) groups excluding carboxylic acids is 1. The van der Waals surface area contributed by atoms with Crippen LogP contribution in [0.4, 0.5) is 10.1 Å². The summed E-state index contributed by atoms with van der Waals surface area (Å²) in [6.07, 6.45) is 0. The molecule has 6 heteroatoms. The molecule has 0 atom stereocenters. The molecule has 0 unspecified atom stereocenters. The quantitative estimate of drug-likeness (QED) is 0.735. The molecule has 3 aromatic rings. The summed E-state index contributed by atoms with van der Waals surface area (Å²) in [6, 6.07) is 11.5. The van der Waals surface area contributed by atoms with Gasteiger partial charge in [0.15, 0.2) is 5.69 Å². The lowest BCUT2D eigenvalue weighted by Gasteiger charge is -2.10. The van der Waals surface area contributed by atoms with Gasteiger partial charge >= 0.3 is 0 Å². The smallest absolute Gasteiger partial charge is 0.276 e. The van der Waals surface area contributed by atoms with Gasteiger partial charge in [0.25, 0.3) is 5.91 Å². The highest BCUT2D eigenvalue weighted by Crippen LogP contribution is 2.28. The maximum absolute atomic E-state index is 13.1. The Morgan fingerprint density at radius 2 is 1.84 bits per heavy atom. The maximum atomic E-state index is 13.1. The monoisotopic (exact) mass is 357 g/mol. The summed E-state index contributed by atoms with van der Waals surface area (Å²) in [5, 5.41) is 7.55. The lowest BCUT2D eigenvalue weighted by atomic mass is 10.1. The topological polar surface area (TPSA) is 46.9 Å². The largest absolute Gasteiger partial charge is 0.319 e. The van der Waals surface area contributed by atoms with E-state index < -0.39 is 0 Å². The zero-order chi connectivity index (χ0) is 18.1. The maximum Gasteiger partial charge on any atom is 0.276 e. The number of carbonyl (C=O) groups is 1. The van der Waals surface area contributed by atoms with E-state index in [-0.39, 0.29) is 17.4 Å². The minimum absolute atomic E-state index is 0.262. The minimum Gasteiger partial charge on any atom is -0.319 e. The number of hydrogen-bond donors (Lipinski definition) is 1. The molecule has 128 valence electrons. The normalized spacial score (nSPS) is 10.8. The van der Waals surface area contributed by atoms with Crippen molar-refractivity contribution in [1.82, 2.24) is 9.78 Å². The highest BCUT2D eigenvalue weighted by atomic mass is 35.5. The third-order valence-electron chi connectivity index (χ3n) is 3.92. The van der Waals surface area contributed by atoms with Crippen LogP contribution in [0.1, 0.15) is 21.6 Å². The van der Waals surface area contributed by atoms with Gasteiger partial charge in [-0.25, -0.2) is 4.39 Å². The van der Waals surface area contributed by atoms with Crippen molar-refractivity contribution in [3.8, 4) is 11.3 Å². The first-order valence-corrected chi connectivity index (χ1v) is 8.11. The highest BCUT2D eigenvalue weighted by molar-refractivity contribution is 6.34. The minimum atomic E-state index is -0.349. The molecule has 1 amide bonds. The van der Waals surface area contributed by atoms with Crippen molar-refractivity contribution >= 4 is 23.2 Å². The fraction of sp³-hybridized carbons (Fsp3) is 0.158. The second-order valence-electron chi connectivity index (χ2n) is 5.94. The summed E-state index contributed by atoms with van der Waals surface area (Å²) in [4.78, 5) is 12.5. The summed E-state index contributed by atoms with van der Waals surface area (Å²) < 4.78 is 14.7. The Hall–Kier alpha value is -2.66. The molecule has 2 aromatic carbocycles. The van der Waals surface area contributed by atoms with Gasteiger partial charge in [-0.2, -0.15) is 5.10 Å². The van der Waals surface area contributed by atoms with Crippen molar-refractivity contribution in [1.29, 1.82) is 0 Å². The van der Waals surface area contributed by atoms with Gasteiger partial charge in [-0.1, -0.05) is 17.7 Å². The molecule has 0 saturated heterocycles. The second-order valence-corrected chi connectivity index (χ2v) is 6.35. The molecular formula is C19H17ClFN3O. The lowest BCUT2D eigenvalue weighted by molar-refractivity contribution is 0.102. The zero-order valence-electron chi connectivity index (χ0n) is 14.1. The van der Waals surface area contributed by atoms with Crippen LogP contribution in [0.3, 0.4) is 0 Å². The molecule has 1 N–H and O–H groups in total. The van der Waals surface area contributed by atoms with E-state index >= 15 is 0 Å². The van der Waals surface area contributed by atoms with E-state index in [9.17, 15) is 9.18 Å². The van der Waals surface area contributed by atoms with Crippen LogP contribution in [0.15, 0.2) is 42.5 Å². The first kappa shape index (κ1) is 17.2. The summed E-state index contributed by atoms with van der Waals surface area (Å²) in [5.74, 6) is -0.661. The summed E-state index contributed by atoms with van der Waals surface area (Å²) in [5.41, 5.74) is 4.24. The number of rotatable bonds is 3. The number of nitrogens with one attached hydrogen (secondary N) is 1. The number of halogens is 2. The molecule has 0 spiro atoms. The predicted octanol–water partition coefficient (Wildman–Crippen LogP) is 4.75. The van der Waals surface area contributed by atoms with E-state index in [0.29, 0.717) is 10.7 Å². The molecule has 0 fully saturated rings. The lowest BCUT2D eigenvalue weighted by Crippen LogP contribution is -2.14. The standard InChI is InChI=1S/C19H17ClFN3O/c1-11-8-12(2)18(15(20)9-11)22-19(25)16-10-17(24(3)23-16)13-4-6-14(21)7-5-13/h4-10H,1-3H3,(H,22,25). The Bertz CT molecular complexity index is 925. The fourth-order valence-corrected chi connectivity index (χ4v) is 3.09. The number of nitrogens with zero attached hydrogens (tertiary/aromatic N) is 2. The number of aryl methyl sites for hydroxylation is 3. The molecule has 25 heavy (non-hydrogen) atoms.